The second-order valence-electron chi connectivity index (χ2n) is 3.91. The molecule has 0 aliphatic rings. The molecule has 2 rings (SSSR count). The van der Waals surface area contributed by atoms with Crippen molar-refractivity contribution in [1.82, 2.24) is 20.7 Å². The van der Waals surface area contributed by atoms with Crippen molar-refractivity contribution in [2.24, 2.45) is 0 Å². The van der Waals surface area contributed by atoms with E-state index in [0.29, 0.717) is 17.0 Å². The highest BCUT2D eigenvalue weighted by Crippen LogP contribution is 2.24. The number of aromatic nitrogens is 3. The molecule has 18 heavy (non-hydrogen) atoms. The second kappa shape index (κ2) is 5.93. The molecule has 6 heteroatoms. The lowest BCUT2D eigenvalue weighted by Crippen LogP contribution is -2.23. The van der Waals surface area contributed by atoms with Crippen LogP contribution in [0.3, 0.4) is 0 Å². The number of hydrogen-bond donors (Lipinski definition) is 2. The Kier molecular flexibility index (Phi) is 4.28. The molecule has 1 heterocycles. The first-order chi connectivity index (χ1) is 8.72. The normalized spacial score (nSPS) is 12.6. The van der Waals surface area contributed by atoms with Gasteiger partial charge in [-0.05, 0) is 25.1 Å². The summed E-state index contributed by atoms with van der Waals surface area (Å²) in [6.45, 7) is 2.74. The van der Waals surface area contributed by atoms with E-state index >= 15 is 0 Å². The number of halogens is 2. The topological polar surface area (TPSA) is 53.6 Å². The summed E-state index contributed by atoms with van der Waals surface area (Å²) in [5.41, 5.74) is 1.24. The Morgan fingerprint density at radius 2 is 2.33 bits per heavy atom. The summed E-state index contributed by atoms with van der Waals surface area (Å²) in [7, 11) is 0. The zero-order chi connectivity index (χ0) is 13.0. The van der Waals surface area contributed by atoms with E-state index in [1.165, 1.54) is 6.07 Å². The Morgan fingerprint density at radius 3 is 2.94 bits per heavy atom. The zero-order valence-corrected chi connectivity index (χ0v) is 10.7. The van der Waals surface area contributed by atoms with E-state index in [9.17, 15) is 4.39 Å². The summed E-state index contributed by atoms with van der Waals surface area (Å²) < 4.78 is 13.7. The molecule has 1 unspecified atom stereocenters. The van der Waals surface area contributed by atoms with Gasteiger partial charge in [-0.2, -0.15) is 15.4 Å². The molecule has 1 aromatic carbocycles. The standard InChI is InChI=1S/C12H14ClFN4/c1-2-15-11(12-7-16-18-17-12)6-8-9(13)4-3-5-10(8)14/h3-5,7,11,15H,2,6H2,1H3,(H,16,17,18). The molecule has 0 radical (unpaired) electrons. The van der Waals surface area contributed by atoms with Gasteiger partial charge in [0.25, 0.3) is 0 Å². The van der Waals surface area contributed by atoms with Gasteiger partial charge < -0.3 is 5.32 Å². The average Bonchev–Trinajstić information content (AvgIpc) is 2.86. The largest absolute Gasteiger partial charge is 0.309 e. The van der Waals surface area contributed by atoms with Gasteiger partial charge in [0.1, 0.15) is 5.82 Å². The molecule has 1 atom stereocenters. The first-order valence-corrected chi connectivity index (χ1v) is 6.12. The molecule has 0 bridgehead atoms. The van der Waals surface area contributed by atoms with Crippen LogP contribution in [0.25, 0.3) is 0 Å². The lowest BCUT2D eigenvalue weighted by Gasteiger charge is -2.16. The number of aromatic amines is 1. The van der Waals surface area contributed by atoms with Gasteiger partial charge in [-0.3, -0.25) is 0 Å². The number of rotatable bonds is 5. The van der Waals surface area contributed by atoms with Crippen molar-refractivity contribution >= 4 is 11.6 Å². The highest BCUT2D eigenvalue weighted by molar-refractivity contribution is 6.31. The summed E-state index contributed by atoms with van der Waals surface area (Å²) in [6, 6.07) is 4.58. The van der Waals surface area contributed by atoms with Crippen LogP contribution in [0.1, 0.15) is 24.2 Å². The van der Waals surface area contributed by atoms with Crippen molar-refractivity contribution in [3.05, 3.63) is 46.5 Å². The molecule has 2 aromatic rings. The number of nitrogens with one attached hydrogen (secondary N) is 2. The van der Waals surface area contributed by atoms with Crippen molar-refractivity contribution in [2.45, 2.75) is 19.4 Å². The summed E-state index contributed by atoms with van der Waals surface area (Å²) in [6.07, 6.45) is 2.06. The molecule has 2 N–H and O–H groups in total. The van der Waals surface area contributed by atoms with Crippen LogP contribution in [-0.4, -0.2) is 22.0 Å². The average molecular weight is 269 g/mol. The smallest absolute Gasteiger partial charge is 0.127 e. The van der Waals surface area contributed by atoms with Crippen molar-refractivity contribution in [3.8, 4) is 0 Å². The lowest BCUT2D eigenvalue weighted by atomic mass is 10.0. The first kappa shape index (κ1) is 13.0. The summed E-state index contributed by atoms with van der Waals surface area (Å²) >= 11 is 6.02. The Bertz CT molecular complexity index is 481. The monoisotopic (exact) mass is 268 g/mol. The van der Waals surface area contributed by atoms with Crippen LogP contribution in [0.2, 0.25) is 5.02 Å². The number of H-pyrrole nitrogens is 1. The summed E-state index contributed by atoms with van der Waals surface area (Å²) in [5, 5.41) is 14.0. The van der Waals surface area contributed by atoms with Gasteiger partial charge in [-0.15, -0.1) is 0 Å². The number of benzene rings is 1. The van der Waals surface area contributed by atoms with Crippen LogP contribution in [0, 0.1) is 5.82 Å². The Morgan fingerprint density at radius 1 is 1.50 bits per heavy atom. The maximum atomic E-state index is 13.7. The number of likely N-dealkylation sites (N-methyl/N-ethyl adjacent to an activating group) is 1. The van der Waals surface area contributed by atoms with Crippen molar-refractivity contribution in [1.29, 1.82) is 0 Å². The van der Waals surface area contributed by atoms with Crippen molar-refractivity contribution in [3.63, 3.8) is 0 Å². The van der Waals surface area contributed by atoms with Gasteiger partial charge in [0.05, 0.1) is 17.9 Å². The molecule has 0 amide bonds. The molecule has 0 saturated carbocycles. The van der Waals surface area contributed by atoms with Gasteiger partial charge in [0, 0.05) is 10.6 Å². The SMILES string of the molecule is CCNC(Cc1c(F)cccc1Cl)c1cn[nH]n1. The first-order valence-electron chi connectivity index (χ1n) is 5.74. The van der Waals surface area contributed by atoms with Crippen LogP contribution in [0.15, 0.2) is 24.4 Å². The van der Waals surface area contributed by atoms with Gasteiger partial charge in [0.2, 0.25) is 0 Å². The van der Waals surface area contributed by atoms with Crippen LogP contribution < -0.4 is 5.32 Å². The highest BCUT2D eigenvalue weighted by Gasteiger charge is 2.17. The molecule has 1 aromatic heterocycles. The van der Waals surface area contributed by atoms with Crippen LogP contribution >= 0.6 is 11.6 Å². The molecular formula is C12H14ClFN4. The quantitative estimate of drug-likeness (QED) is 0.876. The second-order valence-corrected chi connectivity index (χ2v) is 4.32. The Hall–Kier alpha value is -1.46. The van der Waals surface area contributed by atoms with Crippen LogP contribution in [0.5, 0.6) is 0 Å². The molecule has 96 valence electrons. The van der Waals surface area contributed by atoms with Gasteiger partial charge >= 0.3 is 0 Å². The maximum Gasteiger partial charge on any atom is 0.127 e. The van der Waals surface area contributed by atoms with E-state index in [1.54, 1.807) is 18.3 Å². The minimum atomic E-state index is -0.297. The third-order valence-corrected chi connectivity index (χ3v) is 3.07. The lowest BCUT2D eigenvalue weighted by molar-refractivity contribution is 0.517. The third-order valence-electron chi connectivity index (χ3n) is 2.71. The fourth-order valence-corrected chi connectivity index (χ4v) is 2.08. The molecule has 4 nitrogen and oxygen atoms in total. The van der Waals surface area contributed by atoms with E-state index in [1.807, 2.05) is 6.92 Å². The number of nitrogens with zero attached hydrogens (tertiary/aromatic N) is 2. The van der Waals surface area contributed by atoms with Gasteiger partial charge in [0.15, 0.2) is 0 Å². The van der Waals surface area contributed by atoms with Gasteiger partial charge in [-0.1, -0.05) is 24.6 Å². The minimum absolute atomic E-state index is 0.108. The fourth-order valence-electron chi connectivity index (χ4n) is 1.84. The summed E-state index contributed by atoms with van der Waals surface area (Å²) in [5.74, 6) is -0.297. The van der Waals surface area contributed by atoms with E-state index in [2.05, 4.69) is 20.7 Å². The summed E-state index contributed by atoms with van der Waals surface area (Å²) in [4.78, 5) is 0. The molecule has 0 saturated heterocycles. The Balaban J connectivity index is 2.24. The molecule has 0 aliphatic heterocycles. The van der Waals surface area contributed by atoms with Crippen molar-refractivity contribution < 1.29 is 4.39 Å². The third kappa shape index (κ3) is 2.86. The predicted molar refractivity (Wildman–Crippen MR) is 67.9 cm³/mol. The molecule has 0 spiro atoms. The van der Waals surface area contributed by atoms with Crippen molar-refractivity contribution in [2.75, 3.05) is 6.54 Å². The van der Waals surface area contributed by atoms with E-state index in [4.69, 9.17) is 11.6 Å². The van der Waals surface area contributed by atoms with Gasteiger partial charge in [-0.25, -0.2) is 4.39 Å². The van der Waals surface area contributed by atoms with Crippen LogP contribution in [-0.2, 0) is 6.42 Å². The Labute approximate surface area is 110 Å². The fraction of sp³-hybridized carbons (Fsp3) is 0.333. The molecular weight excluding hydrogens is 255 g/mol. The van der Waals surface area contributed by atoms with Crippen LogP contribution in [0.4, 0.5) is 4.39 Å². The van der Waals surface area contributed by atoms with E-state index < -0.39 is 0 Å². The molecule has 0 aliphatic carbocycles. The van der Waals surface area contributed by atoms with E-state index in [0.717, 1.165) is 12.2 Å². The van der Waals surface area contributed by atoms with E-state index in [-0.39, 0.29) is 11.9 Å². The predicted octanol–water partition coefficient (Wildman–Crippen LogP) is 2.49. The molecule has 0 fully saturated rings. The minimum Gasteiger partial charge on any atom is -0.309 e. The number of hydrogen-bond acceptors (Lipinski definition) is 3. The zero-order valence-electron chi connectivity index (χ0n) is 9.95. The highest BCUT2D eigenvalue weighted by atomic mass is 35.5. The maximum absolute atomic E-state index is 13.7.